The summed E-state index contributed by atoms with van der Waals surface area (Å²) in [6.45, 7) is 2.27. The Kier molecular flexibility index (Phi) is 2.77. The SMILES string of the molecule is NN1CCC(CN=O)CC1. The zero-order valence-electron chi connectivity index (χ0n) is 5.99. The van der Waals surface area contributed by atoms with E-state index in [1.807, 2.05) is 0 Å². The van der Waals surface area contributed by atoms with Gasteiger partial charge in [-0.3, -0.25) is 5.84 Å². The summed E-state index contributed by atoms with van der Waals surface area (Å²) in [5.41, 5.74) is 0. The second kappa shape index (κ2) is 3.63. The van der Waals surface area contributed by atoms with Crippen LogP contribution in [0.4, 0.5) is 0 Å². The molecule has 1 fully saturated rings. The summed E-state index contributed by atoms with van der Waals surface area (Å²) in [7, 11) is 0. The van der Waals surface area contributed by atoms with E-state index in [4.69, 9.17) is 5.84 Å². The average molecular weight is 143 g/mol. The Morgan fingerprint density at radius 1 is 1.50 bits per heavy atom. The molecule has 0 saturated carbocycles. The molecule has 0 aliphatic carbocycles. The summed E-state index contributed by atoms with van der Waals surface area (Å²) in [6.07, 6.45) is 2.03. The highest BCUT2D eigenvalue weighted by atomic mass is 16.3. The summed E-state index contributed by atoms with van der Waals surface area (Å²) >= 11 is 0. The molecule has 0 unspecified atom stereocenters. The molecule has 58 valence electrons. The molecular formula is C6H13N3O. The Morgan fingerprint density at radius 3 is 2.60 bits per heavy atom. The van der Waals surface area contributed by atoms with Crippen LogP contribution in [0.1, 0.15) is 12.8 Å². The third-order valence-corrected chi connectivity index (χ3v) is 1.98. The van der Waals surface area contributed by atoms with Gasteiger partial charge in [-0.15, -0.1) is 0 Å². The number of hydrogen-bond donors (Lipinski definition) is 1. The monoisotopic (exact) mass is 143 g/mol. The van der Waals surface area contributed by atoms with Crippen LogP contribution in [0, 0.1) is 10.8 Å². The number of nitrogens with zero attached hydrogens (tertiary/aromatic N) is 2. The largest absolute Gasteiger partial charge is 0.269 e. The molecule has 0 atom stereocenters. The first kappa shape index (κ1) is 7.63. The first-order valence-corrected chi connectivity index (χ1v) is 3.61. The molecule has 2 N–H and O–H groups in total. The van der Waals surface area contributed by atoms with Gasteiger partial charge in [-0.2, -0.15) is 4.91 Å². The number of hydrogen-bond acceptors (Lipinski definition) is 4. The molecule has 4 heteroatoms. The van der Waals surface area contributed by atoms with E-state index in [1.54, 1.807) is 5.01 Å². The maximum Gasteiger partial charge on any atom is 0.0840 e. The first-order chi connectivity index (χ1) is 4.83. The van der Waals surface area contributed by atoms with Crippen molar-refractivity contribution in [2.75, 3.05) is 19.6 Å². The van der Waals surface area contributed by atoms with Crippen LogP contribution in [0.15, 0.2) is 5.18 Å². The van der Waals surface area contributed by atoms with E-state index in [1.165, 1.54) is 0 Å². The summed E-state index contributed by atoms with van der Waals surface area (Å²) in [6, 6.07) is 0. The lowest BCUT2D eigenvalue weighted by Crippen LogP contribution is -2.39. The fourth-order valence-corrected chi connectivity index (χ4v) is 1.24. The molecule has 0 aromatic rings. The molecular weight excluding hydrogens is 130 g/mol. The van der Waals surface area contributed by atoms with Crippen LogP contribution in [0.3, 0.4) is 0 Å². The highest BCUT2D eigenvalue weighted by Crippen LogP contribution is 2.14. The van der Waals surface area contributed by atoms with Gasteiger partial charge in [0.05, 0.1) is 6.54 Å². The van der Waals surface area contributed by atoms with E-state index in [9.17, 15) is 4.91 Å². The van der Waals surface area contributed by atoms with E-state index >= 15 is 0 Å². The van der Waals surface area contributed by atoms with Gasteiger partial charge in [0, 0.05) is 13.1 Å². The third kappa shape index (κ3) is 2.04. The number of nitrogens with two attached hydrogens (primary N) is 1. The van der Waals surface area contributed by atoms with Gasteiger partial charge < -0.3 is 0 Å². The minimum atomic E-state index is 0.466. The van der Waals surface area contributed by atoms with Crippen LogP contribution >= 0.6 is 0 Å². The van der Waals surface area contributed by atoms with Crippen LogP contribution < -0.4 is 5.84 Å². The summed E-state index contributed by atoms with van der Waals surface area (Å²) in [4.78, 5) is 9.86. The van der Waals surface area contributed by atoms with Crippen molar-refractivity contribution in [3.8, 4) is 0 Å². The maximum absolute atomic E-state index is 9.86. The van der Waals surface area contributed by atoms with Gasteiger partial charge in [-0.25, -0.2) is 5.01 Å². The Balaban J connectivity index is 2.19. The molecule has 0 aromatic carbocycles. The summed E-state index contributed by atoms with van der Waals surface area (Å²) in [5, 5.41) is 4.67. The molecule has 1 aliphatic rings. The molecule has 0 amide bonds. The van der Waals surface area contributed by atoms with Crippen molar-refractivity contribution >= 4 is 0 Å². The van der Waals surface area contributed by atoms with Gasteiger partial charge in [0.1, 0.15) is 0 Å². The van der Waals surface area contributed by atoms with Crippen molar-refractivity contribution in [2.45, 2.75) is 12.8 Å². The molecule has 0 radical (unpaired) electrons. The van der Waals surface area contributed by atoms with E-state index in [0.29, 0.717) is 12.5 Å². The van der Waals surface area contributed by atoms with Crippen molar-refractivity contribution in [2.24, 2.45) is 16.9 Å². The molecule has 0 bridgehead atoms. The van der Waals surface area contributed by atoms with Gasteiger partial charge in [0.2, 0.25) is 0 Å². The highest BCUT2D eigenvalue weighted by Gasteiger charge is 2.16. The Morgan fingerprint density at radius 2 is 2.10 bits per heavy atom. The lowest BCUT2D eigenvalue weighted by Gasteiger charge is -2.26. The average Bonchev–Trinajstić information content (AvgIpc) is 1.95. The smallest absolute Gasteiger partial charge is 0.0840 e. The second-order valence-corrected chi connectivity index (χ2v) is 2.79. The van der Waals surface area contributed by atoms with Gasteiger partial charge in [-0.1, -0.05) is 5.18 Å². The highest BCUT2D eigenvalue weighted by molar-refractivity contribution is 4.70. The third-order valence-electron chi connectivity index (χ3n) is 1.98. The number of nitroso groups, excluding NO2 is 1. The molecule has 1 heterocycles. The van der Waals surface area contributed by atoms with E-state index in [2.05, 4.69) is 5.18 Å². The molecule has 1 rings (SSSR count). The Bertz CT molecular complexity index is 110. The predicted octanol–water partition coefficient (Wildman–Crippen LogP) is 0.339. The number of hydrazine groups is 1. The first-order valence-electron chi connectivity index (χ1n) is 3.61. The van der Waals surface area contributed by atoms with Crippen molar-refractivity contribution in [3.05, 3.63) is 4.91 Å². The molecule has 1 saturated heterocycles. The molecule has 4 nitrogen and oxygen atoms in total. The maximum atomic E-state index is 9.86. The van der Waals surface area contributed by atoms with Crippen molar-refractivity contribution < 1.29 is 0 Å². The van der Waals surface area contributed by atoms with E-state index < -0.39 is 0 Å². The fraction of sp³-hybridized carbons (Fsp3) is 1.00. The number of piperidine rings is 1. The Hall–Kier alpha value is -0.480. The van der Waals surface area contributed by atoms with Crippen LogP contribution in [-0.2, 0) is 0 Å². The Labute approximate surface area is 60.3 Å². The number of rotatable bonds is 2. The van der Waals surface area contributed by atoms with Gasteiger partial charge in [0.25, 0.3) is 0 Å². The standard InChI is InChI=1S/C6H13N3O/c7-9-3-1-6(2-4-9)5-8-10/h6H,1-5,7H2. The zero-order chi connectivity index (χ0) is 7.40. The molecule has 10 heavy (non-hydrogen) atoms. The molecule has 0 aromatic heterocycles. The van der Waals surface area contributed by atoms with E-state index in [-0.39, 0.29) is 0 Å². The van der Waals surface area contributed by atoms with Crippen molar-refractivity contribution in [3.63, 3.8) is 0 Å². The van der Waals surface area contributed by atoms with E-state index in [0.717, 1.165) is 25.9 Å². The van der Waals surface area contributed by atoms with Gasteiger partial charge in [0.15, 0.2) is 0 Å². The van der Waals surface area contributed by atoms with Crippen LogP contribution in [0.2, 0.25) is 0 Å². The summed E-state index contributed by atoms with van der Waals surface area (Å²) in [5.74, 6) is 6.00. The fourth-order valence-electron chi connectivity index (χ4n) is 1.24. The van der Waals surface area contributed by atoms with Crippen molar-refractivity contribution in [1.29, 1.82) is 0 Å². The van der Waals surface area contributed by atoms with Crippen LogP contribution in [0.5, 0.6) is 0 Å². The lowest BCUT2D eigenvalue weighted by molar-refractivity contribution is 0.191. The molecule has 0 spiro atoms. The predicted molar refractivity (Wildman–Crippen MR) is 39.1 cm³/mol. The molecule has 1 aliphatic heterocycles. The summed E-state index contributed by atoms with van der Waals surface area (Å²) < 4.78 is 0. The van der Waals surface area contributed by atoms with Crippen LogP contribution in [-0.4, -0.2) is 24.6 Å². The lowest BCUT2D eigenvalue weighted by atomic mass is 9.98. The normalized spacial score (nSPS) is 22.9. The van der Waals surface area contributed by atoms with Crippen LogP contribution in [0.25, 0.3) is 0 Å². The quantitative estimate of drug-likeness (QED) is 0.448. The minimum Gasteiger partial charge on any atom is -0.269 e. The van der Waals surface area contributed by atoms with Gasteiger partial charge in [-0.05, 0) is 18.8 Å². The zero-order valence-corrected chi connectivity index (χ0v) is 5.99. The topological polar surface area (TPSA) is 58.7 Å². The second-order valence-electron chi connectivity index (χ2n) is 2.79. The van der Waals surface area contributed by atoms with Gasteiger partial charge >= 0.3 is 0 Å². The minimum absolute atomic E-state index is 0.466. The van der Waals surface area contributed by atoms with Crippen molar-refractivity contribution in [1.82, 2.24) is 5.01 Å².